The Labute approximate surface area is 123 Å². The quantitative estimate of drug-likeness (QED) is 0.838. The molecule has 112 valence electrons. The Kier molecular flexibility index (Phi) is 3.04. The van der Waals surface area contributed by atoms with Crippen LogP contribution in [0.2, 0.25) is 0 Å². The lowest BCUT2D eigenvalue weighted by atomic mass is 9.45. The number of carboxylic acid groups (broad SMARTS) is 1. The minimum Gasteiger partial charge on any atom is -0.480 e. The van der Waals surface area contributed by atoms with Gasteiger partial charge in [-0.15, -0.1) is 0 Å². The van der Waals surface area contributed by atoms with Crippen molar-refractivity contribution in [2.75, 3.05) is 5.32 Å². The summed E-state index contributed by atoms with van der Waals surface area (Å²) in [5, 5.41) is 12.3. The standard InChI is InChI=1S/C16H20N2O3/c1-10-6-12(11(2)17-7-10)18-13(19)16(14(20)21)8-15(9-16)4-3-5-15/h6-7H,3-5,8-9H2,1-2H3,(H,18,19)(H,20,21). The Morgan fingerprint density at radius 3 is 2.48 bits per heavy atom. The molecule has 2 aliphatic rings. The lowest BCUT2D eigenvalue weighted by Gasteiger charge is -2.58. The lowest BCUT2D eigenvalue weighted by molar-refractivity contribution is -0.178. The fourth-order valence-electron chi connectivity index (χ4n) is 3.67. The number of carbonyl (C=O) groups excluding carboxylic acids is 1. The lowest BCUT2D eigenvalue weighted by Crippen LogP contribution is -2.59. The van der Waals surface area contributed by atoms with Crippen LogP contribution in [0, 0.1) is 24.7 Å². The first kappa shape index (κ1) is 14.0. The van der Waals surface area contributed by atoms with E-state index in [0.717, 1.165) is 24.8 Å². The van der Waals surface area contributed by atoms with Gasteiger partial charge in [-0.1, -0.05) is 6.42 Å². The van der Waals surface area contributed by atoms with Crippen LogP contribution in [0.3, 0.4) is 0 Å². The van der Waals surface area contributed by atoms with Crippen LogP contribution in [0.4, 0.5) is 5.69 Å². The molecule has 0 saturated heterocycles. The van der Waals surface area contributed by atoms with Crippen LogP contribution in [-0.4, -0.2) is 22.0 Å². The molecule has 21 heavy (non-hydrogen) atoms. The highest BCUT2D eigenvalue weighted by atomic mass is 16.4. The zero-order valence-electron chi connectivity index (χ0n) is 12.4. The van der Waals surface area contributed by atoms with Crippen molar-refractivity contribution in [2.45, 2.75) is 46.0 Å². The highest BCUT2D eigenvalue weighted by Gasteiger charge is 2.65. The van der Waals surface area contributed by atoms with Gasteiger partial charge in [0.05, 0.1) is 11.4 Å². The van der Waals surface area contributed by atoms with Gasteiger partial charge in [0.1, 0.15) is 5.41 Å². The Morgan fingerprint density at radius 2 is 1.95 bits per heavy atom. The minimum atomic E-state index is -1.25. The SMILES string of the molecule is Cc1cnc(C)c(NC(=O)C2(C(=O)O)CC3(CCC3)C2)c1. The molecule has 2 aliphatic carbocycles. The van der Waals surface area contributed by atoms with E-state index in [1.165, 1.54) is 0 Å². The number of carbonyl (C=O) groups is 2. The zero-order valence-corrected chi connectivity index (χ0v) is 12.4. The Bertz CT molecular complexity index is 612. The Morgan fingerprint density at radius 1 is 1.29 bits per heavy atom. The van der Waals surface area contributed by atoms with E-state index in [2.05, 4.69) is 10.3 Å². The third kappa shape index (κ3) is 2.11. The van der Waals surface area contributed by atoms with Crippen LogP contribution in [0.25, 0.3) is 0 Å². The monoisotopic (exact) mass is 288 g/mol. The van der Waals surface area contributed by atoms with Gasteiger partial charge < -0.3 is 10.4 Å². The summed E-state index contributed by atoms with van der Waals surface area (Å²) in [6, 6.07) is 1.83. The number of rotatable bonds is 3. The van der Waals surface area contributed by atoms with Crippen molar-refractivity contribution in [3.63, 3.8) is 0 Å². The van der Waals surface area contributed by atoms with Crippen molar-refractivity contribution in [1.82, 2.24) is 4.98 Å². The Hall–Kier alpha value is -1.91. The van der Waals surface area contributed by atoms with E-state index in [9.17, 15) is 14.7 Å². The summed E-state index contributed by atoms with van der Waals surface area (Å²) in [5.74, 6) is -1.40. The topological polar surface area (TPSA) is 79.3 Å². The molecule has 1 aromatic rings. The fourth-order valence-corrected chi connectivity index (χ4v) is 3.67. The van der Waals surface area contributed by atoms with Crippen molar-refractivity contribution in [3.05, 3.63) is 23.5 Å². The molecule has 5 heteroatoms. The van der Waals surface area contributed by atoms with Gasteiger partial charge in [-0.05, 0) is 56.6 Å². The second-order valence-corrected chi connectivity index (χ2v) is 6.69. The summed E-state index contributed by atoms with van der Waals surface area (Å²) in [6.07, 6.45) is 5.93. The van der Waals surface area contributed by atoms with Crippen molar-refractivity contribution in [3.8, 4) is 0 Å². The van der Waals surface area contributed by atoms with E-state index < -0.39 is 17.3 Å². The maximum absolute atomic E-state index is 12.5. The average Bonchev–Trinajstić information content (AvgIpc) is 2.30. The van der Waals surface area contributed by atoms with Gasteiger partial charge in [0.25, 0.3) is 0 Å². The highest BCUT2D eigenvalue weighted by Crippen LogP contribution is 2.64. The number of amides is 1. The van der Waals surface area contributed by atoms with Crippen LogP contribution >= 0.6 is 0 Å². The molecule has 1 heterocycles. The van der Waals surface area contributed by atoms with Gasteiger partial charge in [0.2, 0.25) is 5.91 Å². The minimum absolute atomic E-state index is 0.121. The molecule has 0 bridgehead atoms. The number of aryl methyl sites for hydroxylation is 2. The molecule has 1 spiro atoms. The molecule has 5 nitrogen and oxygen atoms in total. The second kappa shape index (κ2) is 4.55. The molecular formula is C16H20N2O3. The summed E-state index contributed by atoms with van der Waals surface area (Å²) < 4.78 is 0. The fraction of sp³-hybridized carbons (Fsp3) is 0.562. The van der Waals surface area contributed by atoms with Gasteiger partial charge in [0.15, 0.2) is 0 Å². The molecule has 0 aliphatic heterocycles. The zero-order chi connectivity index (χ0) is 15.3. The molecule has 0 aromatic carbocycles. The molecule has 3 rings (SSSR count). The van der Waals surface area contributed by atoms with Gasteiger partial charge in [-0.2, -0.15) is 0 Å². The van der Waals surface area contributed by atoms with E-state index in [1.54, 1.807) is 13.1 Å². The summed E-state index contributed by atoms with van der Waals surface area (Å²) in [7, 11) is 0. The number of aliphatic carboxylic acids is 1. The summed E-state index contributed by atoms with van der Waals surface area (Å²) in [5.41, 5.74) is 1.11. The van der Waals surface area contributed by atoms with Gasteiger partial charge in [-0.25, -0.2) is 0 Å². The summed E-state index contributed by atoms with van der Waals surface area (Å²) >= 11 is 0. The number of carboxylic acids is 1. The predicted octanol–water partition coefficient (Wildman–Crippen LogP) is 2.67. The van der Waals surface area contributed by atoms with E-state index in [4.69, 9.17) is 0 Å². The van der Waals surface area contributed by atoms with Crippen molar-refractivity contribution in [2.24, 2.45) is 10.8 Å². The summed E-state index contributed by atoms with van der Waals surface area (Å²) in [4.78, 5) is 28.4. The van der Waals surface area contributed by atoms with Crippen LogP contribution < -0.4 is 5.32 Å². The smallest absolute Gasteiger partial charge is 0.319 e. The first-order valence-electron chi connectivity index (χ1n) is 7.35. The first-order valence-corrected chi connectivity index (χ1v) is 7.35. The van der Waals surface area contributed by atoms with E-state index in [0.29, 0.717) is 24.2 Å². The first-order chi connectivity index (χ1) is 9.87. The number of hydrogen-bond acceptors (Lipinski definition) is 3. The Balaban J connectivity index is 1.80. The molecule has 0 radical (unpaired) electrons. The largest absolute Gasteiger partial charge is 0.480 e. The maximum Gasteiger partial charge on any atom is 0.319 e. The molecule has 1 amide bonds. The number of nitrogens with one attached hydrogen (secondary N) is 1. The van der Waals surface area contributed by atoms with E-state index in [1.807, 2.05) is 13.0 Å². The van der Waals surface area contributed by atoms with Crippen molar-refractivity contribution in [1.29, 1.82) is 0 Å². The number of pyridine rings is 1. The summed E-state index contributed by atoms with van der Waals surface area (Å²) in [6.45, 7) is 3.69. The molecule has 2 N–H and O–H groups in total. The highest BCUT2D eigenvalue weighted by molar-refractivity contribution is 6.09. The third-order valence-corrected chi connectivity index (χ3v) is 5.08. The average molecular weight is 288 g/mol. The number of anilines is 1. The number of hydrogen-bond donors (Lipinski definition) is 2. The van der Waals surface area contributed by atoms with Crippen LogP contribution in [-0.2, 0) is 9.59 Å². The molecule has 0 atom stereocenters. The van der Waals surface area contributed by atoms with Crippen LogP contribution in [0.1, 0.15) is 43.4 Å². The molecule has 1 aromatic heterocycles. The molecular weight excluding hydrogens is 268 g/mol. The van der Waals surface area contributed by atoms with Crippen molar-refractivity contribution < 1.29 is 14.7 Å². The normalized spacial score (nSPS) is 21.2. The maximum atomic E-state index is 12.5. The van der Waals surface area contributed by atoms with E-state index in [-0.39, 0.29) is 5.41 Å². The van der Waals surface area contributed by atoms with Gasteiger partial charge in [-0.3, -0.25) is 14.6 Å². The second-order valence-electron chi connectivity index (χ2n) is 6.69. The third-order valence-electron chi connectivity index (χ3n) is 5.08. The van der Waals surface area contributed by atoms with Gasteiger partial charge >= 0.3 is 5.97 Å². The van der Waals surface area contributed by atoms with Gasteiger partial charge in [0, 0.05) is 6.20 Å². The molecule has 2 fully saturated rings. The van der Waals surface area contributed by atoms with Crippen molar-refractivity contribution >= 4 is 17.6 Å². The number of aromatic nitrogens is 1. The van der Waals surface area contributed by atoms with Crippen LogP contribution in [0.15, 0.2) is 12.3 Å². The predicted molar refractivity (Wildman–Crippen MR) is 77.9 cm³/mol. The molecule has 2 saturated carbocycles. The van der Waals surface area contributed by atoms with E-state index >= 15 is 0 Å². The molecule has 0 unspecified atom stereocenters. The number of nitrogens with zero attached hydrogens (tertiary/aromatic N) is 1. The van der Waals surface area contributed by atoms with Crippen LogP contribution in [0.5, 0.6) is 0 Å².